The molecule has 0 fully saturated rings. The number of rotatable bonds is 6. The van der Waals surface area contributed by atoms with Crippen LogP contribution in [0.1, 0.15) is 32.0 Å². The van der Waals surface area contributed by atoms with E-state index >= 15 is 0 Å². The van der Waals surface area contributed by atoms with Gasteiger partial charge in [0.05, 0.1) is 12.2 Å². The van der Waals surface area contributed by atoms with Crippen LogP contribution in [-0.2, 0) is 17.7 Å². The highest BCUT2D eigenvalue weighted by atomic mass is 16.6. The molecule has 1 aromatic heterocycles. The van der Waals surface area contributed by atoms with Crippen molar-refractivity contribution in [2.45, 2.75) is 39.3 Å². The minimum atomic E-state index is -0.515. The van der Waals surface area contributed by atoms with Gasteiger partial charge in [-0.15, -0.1) is 0 Å². The van der Waals surface area contributed by atoms with Crippen LogP contribution in [0.3, 0.4) is 0 Å². The highest BCUT2D eigenvalue weighted by Crippen LogP contribution is 2.13. The second-order valence-corrected chi connectivity index (χ2v) is 7.25. The molecule has 0 aliphatic rings. The third-order valence-corrected chi connectivity index (χ3v) is 3.69. The zero-order valence-electron chi connectivity index (χ0n) is 17.0. The quantitative estimate of drug-likeness (QED) is 0.526. The Labute approximate surface area is 166 Å². The Morgan fingerprint density at radius 1 is 1.11 bits per heavy atom. The molecule has 0 bridgehead atoms. The van der Waals surface area contributed by atoms with E-state index in [9.17, 15) is 4.79 Å². The highest BCUT2D eigenvalue weighted by molar-refractivity contribution is 5.84. The molecule has 0 saturated carbocycles. The van der Waals surface area contributed by atoms with Crippen molar-refractivity contribution >= 4 is 17.7 Å². The number of aliphatic imine (C=N–C) groups is 1. The van der Waals surface area contributed by atoms with E-state index in [4.69, 9.17) is 4.74 Å². The van der Waals surface area contributed by atoms with Gasteiger partial charge in [-0.25, -0.2) is 4.79 Å². The van der Waals surface area contributed by atoms with E-state index in [1.807, 2.05) is 63.2 Å². The van der Waals surface area contributed by atoms with Crippen LogP contribution in [0.4, 0.5) is 10.5 Å². The molecule has 7 heteroatoms. The van der Waals surface area contributed by atoms with Gasteiger partial charge in [0.15, 0.2) is 5.96 Å². The van der Waals surface area contributed by atoms with Crippen LogP contribution < -0.4 is 16.0 Å². The summed E-state index contributed by atoms with van der Waals surface area (Å²) < 4.78 is 5.25. The molecule has 150 valence electrons. The number of nitrogens with one attached hydrogen (secondary N) is 3. The van der Waals surface area contributed by atoms with Gasteiger partial charge in [-0.3, -0.25) is 15.3 Å². The minimum Gasteiger partial charge on any atom is -0.444 e. The number of benzene rings is 1. The van der Waals surface area contributed by atoms with Crippen LogP contribution in [0.15, 0.2) is 53.7 Å². The van der Waals surface area contributed by atoms with E-state index in [0.29, 0.717) is 12.2 Å². The van der Waals surface area contributed by atoms with Gasteiger partial charge in [0, 0.05) is 25.5 Å². The predicted molar refractivity (Wildman–Crippen MR) is 112 cm³/mol. The van der Waals surface area contributed by atoms with Crippen molar-refractivity contribution in [3.63, 3.8) is 0 Å². The Bertz CT molecular complexity index is 768. The number of hydrogen-bond donors (Lipinski definition) is 3. The molecule has 7 nitrogen and oxygen atoms in total. The molecular weight excluding hydrogens is 354 g/mol. The van der Waals surface area contributed by atoms with Gasteiger partial charge in [0.1, 0.15) is 5.60 Å². The van der Waals surface area contributed by atoms with Gasteiger partial charge in [-0.2, -0.15) is 0 Å². The fourth-order valence-electron chi connectivity index (χ4n) is 2.40. The number of aromatic nitrogens is 1. The molecule has 1 amide bonds. The lowest BCUT2D eigenvalue weighted by atomic mass is 10.1. The normalized spacial score (nSPS) is 11.6. The van der Waals surface area contributed by atoms with Crippen molar-refractivity contribution in [3.8, 4) is 0 Å². The maximum absolute atomic E-state index is 11.8. The predicted octanol–water partition coefficient (Wildman–Crippen LogP) is 3.34. The number of guanidine groups is 1. The monoisotopic (exact) mass is 383 g/mol. The Morgan fingerprint density at radius 3 is 2.46 bits per heavy atom. The Hall–Kier alpha value is -3.09. The van der Waals surface area contributed by atoms with E-state index in [1.165, 1.54) is 0 Å². The SMILES string of the molecule is CN=C(NCCc1ccc(NC(=O)OC(C)(C)C)cc1)NCc1ccccn1. The number of carbonyl (C=O) groups excluding carboxylic acids is 1. The lowest BCUT2D eigenvalue weighted by Gasteiger charge is -2.19. The number of nitrogens with zero attached hydrogens (tertiary/aromatic N) is 2. The lowest BCUT2D eigenvalue weighted by molar-refractivity contribution is 0.0636. The number of carbonyl (C=O) groups is 1. The molecule has 2 rings (SSSR count). The number of ether oxygens (including phenoxy) is 1. The smallest absolute Gasteiger partial charge is 0.412 e. The first-order chi connectivity index (χ1) is 13.4. The molecule has 2 aromatic rings. The number of hydrogen-bond acceptors (Lipinski definition) is 4. The molecule has 1 heterocycles. The van der Waals surface area contributed by atoms with Gasteiger partial charge >= 0.3 is 6.09 Å². The van der Waals surface area contributed by atoms with Crippen LogP contribution >= 0.6 is 0 Å². The molecule has 0 saturated heterocycles. The van der Waals surface area contributed by atoms with Crippen LogP contribution in [0.2, 0.25) is 0 Å². The fourth-order valence-corrected chi connectivity index (χ4v) is 2.40. The van der Waals surface area contributed by atoms with Crippen molar-refractivity contribution in [1.29, 1.82) is 0 Å². The zero-order valence-corrected chi connectivity index (χ0v) is 17.0. The van der Waals surface area contributed by atoms with Gasteiger partial charge < -0.3 is 15.4 Å². The van der Waals surface area contributed by atoms with Crippen molar-refractivity contribution in [2.24, 2.45) is 4.99 Å². The van der Waals surface area contributed by atoms with Crippen molar-refractivity contribution in [2.75, 3.05) is 18.9 Å². The Morgan fingerprint density at radius 2 is 1.86 bits per heavy atom. The van der Waals surface area contributed by atoms with Gasteiger partial charge in [0.2, 0.25) is 0 Å². The van der Waals surface area contributed by atoms with E-state index in [1.54, 1.807) is 13.2 Å². The van der Waals surface area contributed by atoms with E-state index in [0.717, 1.165) is 30.2 Å². The van der Waals surface area contributed by atoms with Gasteiger partial charge in [-0.1, -0.05) is 18.2 Å². The second kappa shape index (κ2) is 10.3. The van der Waals surface area contributed by atoms with Crippen LogP contribution in [0.25, 0.3) is 0 Å². The fraction of sp³-hybridized carbons (Fsp3) is 0.381. The minimum absolute atomic E-state index is 0.454. The van der Waals surface area contributed by atoms with Crippen LogP contribution in [0, 0.1) is 0 Å². The maximum Gasteiger partial charge on any atom is 0.412 e. The van der Waals surface area contributed by atoms with Gasteiger partial charge in [-0.05, 0) is 57.0 Å². The summed E-state index contributed by atoms with van der Waals surface area (Å²) in [5.41, 5.74) is 2.30. The Kier molecular flexibility index (Phi) is 7.80. The second-order valence-electron chi connectivity index (χ2n) is 7.25. The standard InChI is InChI=1S/C21H29N5O2/c1-21(2,3)28-20(27)26-17-10-8-16(9-11-17)12-14-24-19(22-4)25-15-18-7-5-6-13-23-18/h5-11,13H,12,14-15H2,1-4H3,(H,26,27)(H2,22,24,25). The van der Waals surface area contributed by atoms with Gasteiger partial charge in [0.25, 0.3) is 0 Å². The lowest BCUT2D eigenvalue weighted by Crippen LogP contribution is -2.38. The summed E-state index contributed by atoms with van der Waals surface area (Å²) in [6.45, 7) is 6.86. The topological polar surface area (TPSA) is 87.6 Å². The zero-order chi connectivity index (χ0) is 20.4. The average Bonchev–Trinajstić information content (AvgIpc) is 2.65. The first-order valence-corrected chi connectivity index (χ1v) is 9.29. The molecule has 1 aromatic carbocycles. The van der Waals surface area contributed by atoms with E-state index in [-0.39, 0.29) is 0 Å². The number of anilines is 1. The van der Waals surface area contributed by atoms with E-state index < -0.39 is 11.7 Å². The average molecular weight is 383 g/mol. The number of pyridine rings is 1. The molecule has 0 spiro atoms. The molecule has 3 N–H and O–H groups in total. The molecule has 0 aliphatic carbocycles. The van der Waals surface area contributed by atoms with Crippen molar-refractivity contribution < 1.29 is 9.53 Å². The first kappa shape index (κ1) is 21.2. The Balaban J connectivity index is 1.74. The third kappa shape index (κ3) is 8.07. The van der Waals surface area contributed by atoms with E-state index in [2.05, 4.69) is 25.9 Å². The first-order valence-electron chi connectivity index (χ1n) is 9.29. The van der Waals surface area contributed by atoms with Crippen LogP contribution in [-0.4, -0.2) is 36.2 Å². The summed E-state index contributed by atoms with van der Waals surface area (Å²) in [7, 11) is 1.74. The summed E-state index contributed by atoms with van der Waals surface area (Å²) in [6.07, 6.45) is 2.15. The summed E-state index contributed by atoms with van der Waals surface area (Å²) in [5, 5.41) is 9.25. The maximum atomic E-state index is 11.8. The summed E-state index contributed by atoms with van der Waals surface area (Å²) in [4.78, 5) is 20.3. The largest absolute Gasteiger partial charge is 0.444 e. The molecule has 0 atom stereocenters. The molecule has 0 aliphatic heterocycles. The highest BCUT2D eigenvalue weighted by Gasteiger charge is 2.16. The van der Waals surface area contributed by atoms with Crippen molar-refractivity contribution in [3.05, 3.63) is 59.9 Å². The molecular formula is C21H29N5O2. The third-order valence-electron chi connectivity index (χ3n) is 3.69. The number of amides is 1. The molecule has 0 radical (unpaired) electrons. The van der Waals surface area contributed by atoms with Crippen molar-refractivity contribution in [1.82, 2.24) is 15.6 Å². The summed E-state index contributed by atoms with van der Waals surface area (Å²) in [5.74, 6) is 0.730. The molecule has 0 unspecified atom stereocenters. The summed E-state index contributed by atoms with van der Waals surface area (Å²) in [6, 6.07) is 13.5. The molecule has 28 heavy (non-hydrogen) atoms. The van der Waals surface area contributed by atoms with Crippen LogP contribution in [0.5, 0.6) is 0 Å². The summed E-state index contributed by atoms with van der Waals surface area (Å²) >= 11 is 0.